The molecule has 0 unspecified atom stereocenters. The highest BCUT2D eigenvalue weighted by Gasteiger charge is 1.40. The van der Waals surface area contributed by atoms with E-state index in [1.165, 1.54) is 0 Å². The van der Waals surface area contributed by atoms with Gasteiger partial charge < -0.3 is 6.14 Å². The highest BCUT2D eigenvalue weighted by Crippen LogP contribution is 1.77. The summed E-state index contributed by atoms with van der Waals surface area (Å²) in [6.45, 7) is 0. The van der Waals surface area contributed by atoms with Crippen molar-refractivity contribution in [3.05, 3.63) is 0 Å². The van der Waals surface area contributed by atoms with Crippen molar-refractivity contribution in [2.24, 2.45) is 0 Å². The maximum atomic E-state index is 5.25. The molecule has 0 aliphatic rings. The minimum Gasteiger partial charge on any atom is -0.344 e. The third-order valence-electron chi connectivity index (χ3n) is 0. The Hall–Kier alpha value is 9.41. The van der Waals surface area contributed by atoms with E-state index >= 15 is 0 Å². The average Bonchev–Trinajstić information content (AvgIpc) is 3.37. The quantitative estimate of drug-likeness (QED) is 0.250. The van der Waals surface area contributed by atoms with Crippen LogP contribution in [-0.4, -0.2) is 338 Å². The van der Waals surface area contributed by atoms with Crippen LogP contribution >= 0.6 is 318 Å². The summed E-state index contributed by atoms with van der Waals surface area (Å²) in [5.74, 6) is 0. The van der Waals surface area contributed by atoms with Gasteiger partial charge in [0, 0.05) is 0 Å². The zero-order chi connectivity index (χ0) is 75.1. The first-order valence-electron chi connectivity index (χ1n) is 22.6. The Morgan fingerprint density at radius 2 is 0.0734 bits per heavy atom. The first kappa shape index (κ1) is 393. The third kappa shape index (κ3) is 17700. The van der Waals surface area contributed by atoms with Gasteiger partial charge in [-0.15, -0.1) is 0 Å². The van der Waals surface area contributed by atoms with Crippen LogP contribution in [0.2, 0.25) is 1.41 Å². The summed E-state index contributed by atoms with van der Waals surface area (Å²) in [5, 5.41) is 0. The fourth-order valence-corrected chi connectivity index (χ4v) is 0. The maximum Gasteiger partial charge on any atom is 0.115 e. The third-order valence-corrected chi connectivity index (χ3v) is 0. The Bertz CT molecular complexity index is 232. The van der Waals surface area contributed by atoms with Gasteiger partial charge in [0.1, 0.15) is 1.41 Å². The fourth-order valence-electron chi connectivity index (χ4n) is 0. The van der Waals surface area contributed by atoms with Gasteiger partial charge in [-0.2, -0.15) is 318 Å². The van der Waals surface area contributed by atoms with Crippen LogP contribution in [0.3, 0.4) is 0 Å². The largest absolute Gasteiger partial charge is 0.344 e. The van der Waals surface area contributed by atoms with E-state index in [2.05, 4.69) is 6.14 Å². The van der Waals surface area contributed by atoms with Crippen LogP contribution in [0.25, 0.3) is 0 Å². The number of hydrogen-bond donors (Lipinski definition) is 1. The van der Waals surface area contributed by atoms with E-state index in [9.17, 15) is 0 Å². The number of rotatable bonds is 0. The zero-order valence-corrected chi connectivity index (χ0v) is 87.6. The molecule has 0 aliphatic carbocycles. The summed E-state index contributed by atoms with van der Waals surface area (Å²) in [7, 11) is 0. The molecule has 0 rings (SSSR count). The van der Waals surface area contributed by atoms with Crippen LogP contribution in [0.4, 0.5) is 0 Å². The zero-order valence-electron chi connectivity index (χ0n) is 66.6. The molecule has 3 N–H and O–H groups in total. The molecule has 28 heteroatoms. The van der Waals surface area contributed by atoms with Crippen LogP contribution in [0.15, 0.2) is 0 Å². The summed E-state index contributed by atoms with van der Waals surface area (Å²) < 4.78 is 5.25. The second kappa shape index (κ2) is 1200. The Kier molecular flexibility index (Phi) is 4330. The molecule has 0 aromatic rings. The molecule has 0 aliphatic heterocycles. The van der Waals surface area contributed by atoms with E-state index in [0.29, 0.717) is 0 Å². The number of thioether (sulfide) groups is 27. The molecule has 764 valence electrons. The van der Waals surface area contributed by atoms with Gasteiger partial charge >= 0.3 is 0 Å². The highest BCUT2D eigenvalue weighted by molar-refractivity contribution is 8.02. The Morgan fingerprint density at radius 3 is 0.0734 bits per heavy atom. The molecule has 0 spiro atoms. The lowest BCUT2D eigenvalue weighted by Crippen LogP contribution is -1.25. The molecule has 0 aromatic carbocycles. The molecule has 0 bridgehead atoms. The monoisotopic (exact) mass is 2130 g/mol. The molecule has 0 atom stereocenters. The summed E-state index contributed by atoms with van der Waals surface area (Å²) in [4.78, 5) is 0. The van der Waals surface area contributed by atoms with E-state index in [-0.39, 0.29) is 201 Å². The smallest absolute Gasteiger partial charge is 0.115 e. The SMILES string of the molecule is C.C.C.C.C.C.C.C.C.C.C.C.C.C.C.C.C.C.C.C.C.C.C.C.C.C.C.CSC.CSC.CSC.CSC.CSC.CSC.CSC.CSC.CSC.CSC.CSC.CSC.CSC.CSC.CSC.CSC.CSC.CSC.CSC.CSC.CSC.CSC.CSC.CSC.CSC.CSC.CSC.[2H]N. The Morgan fingerprint density at radius 1 is 0.0734 bits per heavy atom. The standard InChI is InChI=1S/27C2H6S.27CH4.H3N/c27*1-3-2;;;;;;;;;;;;;;;;;;;;;;;;;;;;/h27*1-2H3;27*1H4;1H3/i/hD. The second-order valence-electron chi connectivity index (χ2n) is 11.0. The summed E-state index contributed by atoms with van der Waals surface area (Å²) in [6.07, 6.45) is 114. The molecule has 0 saturated heterocycles. The topological polar surface area (TPSA) is 35.0 Å². The van der Waals surface area contributed by atoms with Crippen LogP contribution < -0.4 is 6.14 Å². The van der Waals surface area contributed by atoms with Crippen molar-refractivity contribution in [1.82, 2.24) is 6.14 Å². The van der Waals surface area contributed by atoms with Gasteiger partial charge in [0.2, 0.25) is 0 Å². The van der Waals surface area contributed by atoms with Gasteiger partial charge in [0.15, 0.2) is 0 Å². The highest BCUT2D eigenvalue weighted by atomic mass is 32.2. The predicted molar refractivity (Wildman–Crippen MR) is 712 cm³/mol. The van der Waals surface area contributed by atoms with Crippen molar-refractivity contribution in [3.8, 4) is 0 Å². The van der Waals surface area contributed by atoms with Gasteiger partial charge in [-0.1, -0.05) is 201 Å². The predicted octanol–water partition coefficient (Wildman–Crippen LogP) is 43.8. The summed E-state index contributed by atoms with van der Waals surface area (Å²) >= 11 is 47.2. The van der Waals surface area contributed by atoms with Crippen molar-refractivity contribution in [2.45, 2.75) is 201 Å². The molecule has 0 fully saturated rings. The summed E-state index contributed by atoms with van der Waals surface area (Å²) in [5.41, 5.74) is 0. The van der Waals surface area contributed by atoms with Crippen LogP contribution in [0.5, 0.6) is 0 Å². The minimum atomic E-state index is 0. The molecule has 109 heavy (non-hydrogen) atoms. The van der Waals surface area contributed by atoms with E-state index in [4.69, 9.17) is 1.41 Å². The van der Waals surface area contributed by atoms with Gasteiger partial charge in [-0.05, 0) is 338 Å². The first-order chi connectivity index (χ1) is 39.2. The molecule has 0 radical (unpaired) electrons. The average molecular weight is 2130 g/mol. The molecule has 0 aromatic heterocycles. The molecular formula is C81H273NS27. The maximum absolute atomic E-state index is 5.25. The van der Waals surface area contributed by atoms with E-state index in [1.54, 1.807) is 318 Å². The molecule has 0 saturated carbocycles. The van der Waals surface area contributed by atoms with Crippen molar-refractivity contribution in [1.29, 1.82) is 0 Å². The lowest BCUT2D eigenvalue weighted by molar-refractivity contribution is 2.13. The fraction of sp³-hybridized carbons (Fsp3) is 1.00. The van der Waals surface area contributed by atoms with Gasteiger partial charge in [0.05, 0.1) is 0 Å². The van der Waals surface area contributed by atoms with Crippen molar-refractivity contribution in [3.63, 3.8) is 0 Å². The molecule has 1 nitrogen and oxygen atoms in total. The first-order valence-corrected chi connectivity index (χ1v) is 66.1. The molecule has 0 heterocycles. The number of hydrogen-bond acceptors (Lipinski definition) is 28. The summed E-state index contributed by atoms with van der Waals surface area (Å²) in [6, 6.07) is 0. The van der Waals surface area contributed by atoms with E-state index in [0.717, 1.165) is 0 Å². The van der Waals surface area contributed by atoms with Crippen LogP contribution in [-0.2, 0) is 0 Å². The van der Waals surface area contributed by atoms with Crippen molar-refractivity contribution in [2.75, 3.05) is 338 Å². The Labute approximate surface area is 852 Å². The second-order valence-corrected chi connectivity index (χ2v) is 33.1. The van der Waals surface area contributed by atoms with Gasteiger partial charge in [-0.3, -0.25) is 0 Å². The molecular weight excluding hydrogens is 1850 g/mol. The normalized spacial score (nSPS) is 4.52. The van der Waals surface area contributed by atoms with Crippen molar-refractivity contribution >= 4 is 318 Å². The van der Waals surface area contributed by atoms with E-state index in [1.807, 2.05) is 338 Å². The van der Waals surface area contributed by atoms with E-state index < -0.39 is 0 Å². The van der Waals surface area contributed by atoms with Crippen LogP contribution in [0.1, 0.15) is 201 Å². The molecule has 0 amide bonds. The van der Waals surface area contributed by atoms with Crippen LogP contribution in [0, 0.1) is 0 Å². The van der Waals surface area contributed by atoms with Gasteiger partial charge in [-0.25, -0.2) is 0 Å². The Balaban J connectivity index is -0.00000000533. The lowest BCUT2D eigenvalue weighted by Gasteiger charge is -1.51. The lowest BCUT2D eigenvalue weighted by atomic mass is 11.9. The minimum absolute atomic E-state index is 0. The van der Waals surface area contributed by atoms with Crippen molar-refractivity contribution < 1.29 is 1.41 Å². The van der Waals surface area contributed by atoms with Gasteiger partial charge in [0.25, 0.3) is 0 Å².